The van der Waals surface area contributed by atoms with Gasteiger partial charge in [0.25, 0.3) is 0 Å². The monoisotopic (exact) mass is 394 g/mol. The van der Waals surface area contributed by atoms with Crippen molar-refractivity contribution in [3.8, 4) is 0 Å². The third-order valence-electron chi connectivity index (χ3n) is 5.06. The summed E-state index contributed by atoms with van der Waals surface area (Å²) < 4.78 is 38.5. The van der Waals surface area contributed by atoms with Crippen molar-refractivity contribution >= 4 is 0 Å². The lowest BCUT2D eigenvalue weighted by Crippen LogP contribution is -2.39. The Morgan fingerprint density at radius 2 is 0.704 bits per heavy atom. The number of rotatable bonds is 20. The molecule has 27 heavy (non-hydrogen) atoms. The minimum absolute atomic E-state index is 0.137. The Labute approximate surface area is 165 Å². The number of hydrogen-bond donors (Lipinski definition) is 0. The van der Waals surface area contributed by atoms with E-state index in [4.69, 9.17) is 33.2 Å². The highest BCUT2D eigenvalue weighted by Crippen LogP contribution is 2.32. The molecule has 0 atom stereocenters. The molecule has 0 unspecified atom stereocenters. The summed E-state index contributed by atoms with van der Waals surface area (Å²) >= 11 is 0. The highest BCUT2D eigenvalue weighted by atomic mass is 16.5. The van der Waals surface area contributed by atoms with Gasteiger partial charge in [0.05, 0.1) is 26.4 Å². The van der Waals surface area contributed by atoms with Crippen LogP contribution >= 0.6 is 0 Å². The summed E-state index contributed by atoms with van der Waals surface area (Å²) in [5, 5.41) is 0. The van der Waals surface area contributed by atoms with Crippen LogP contribution in [-0.2, 0) is 33.2 Å². The molecular weight excluding hydrogens is 352 g/mol. The number of ether oxygens (including phenoxy) is 7. The van der Waals surface area contributed by atoms with Gasteiger partial charge in [-0.05, 0) is 25.7 Å². The maximum absolute atomic E-state index is 6.28. The molecule has 0 saturated heterocycles. The van der Waals surface area contributed by atoms with Gasteiger partial charge in [-0.1, -0.05) is 0 Å². The fraction of sp³-hybridized carbons (Fsp3) is 1.00. The molecule has 0 rings (SSSR count). The summed E-state index contributed by atoms with van der Waals surface area (Å²) in [5.74, 6) is 0. The quantitative estimate of drug-likeness (QED) is 0.314. The van der Waals surface area contributed by atoms with E-state index in [0.29, 0.717) is 52.9 Å². The Morgan fingerprint density at radius 1 is 0.407 bits per heavy atom. The third kappa shape index (κ3) is 11.3. The van der Waals surface area contributed by atoms with E-state index in [1.54, 1.807) is 42.7 Å². The highest BCUT2D eigenvalue weighted by Gasteiger charge is 2.34. The van der Waals surface area contributed by atoms with E-state index < -0.39 is 0 Å². The molecule has 0 N–H and O–H groups in total. The van der Waals surface area contributed by atoms with Crippen LogP contribution in [-0.4, -0.2) is 95.5 Å². The first-order chi connectivity index (χ1) is 13.1. The van der Waals surface area contributed by atoms with Crippen LogP contribution in [0.5, 0.6) is 0 Å². The van der Waals surface area contributed by atoms with Crippen LogP contribution in [0.2, 0.25) is 0 Å². The zero-order valence-corrected chi connectivity index (χ0v) is 18.3. The molecule has 7 heteroatoms. The molecule has 0 aliphatic rings. The van der Waals surface area contributed by atoms with Crippen molar-refractivity contribution in [3.05, 3.63) is 0 Å². The standard InChI is InChI=1S/C20H42O7/c1-21-11-7-19(15-25-5,8-12-22-2)17-27-18-20(16-26-6,9-13-23-3)10-14-24-4/h7-18H2,1-6H3. The molecule has 0 amide bonds. The van der Waals surface area contributed by atoms with Crippen molar-refractivity contribution in [3.63, 3.8) is 0 Å². The highest BCUT2D eigenvalue weighted by molar-refractivity contribution is 4.83. The molecule has 0 aromatic carbocycles. The molecule has 0 aliphatic carbocycles. The van der Waals surface area contributed by atoms with Gasteiger partial charge in [0.1, 0.15) is 0 Å². The molecule has 7 nitrogen and oxygen atoms in total. The summed E-state index contributed by atoms with van der Waals surface area (Å²) in [4.78, 5) is 0. The maximum Gasteiger partial charge on any atom is 0.0546 e. The Kier molecular flexibility index (Phi) is 16.5. The SMILES string of the molecule is COCCC(CCOC)(COC)COCC(CCOC)(CCOC)COC. The van der Waals surface area contributed by atoms with Gasteiger partial charge in [-0.15, -0.1) is 0 Å². The van der Waals surface area contributed by atoms with Crippen LogP contribution in [0.4, 0.5) is 0 Å². The Balaban J connectivity index is 5.06. The first kappa shape index (κ1) is 26.7. The minimum atomic E-state index is -0.137. The molecular formula is C20H42O7. The van der Waals surface area contributed by atoms with Crippen molar-refractivity contribution in [1.29, 1.82) is 0 Å². The molecule has 0 saturated carbocycles. The fourth-order valence-electron chi connectivity index (χ4n) is 3.28. The zero-order valence-electron chi connectivity index (χ0n) is 18.3. The van der Waals surface area contributed by atoms with Crippen molar-refractivity contribution < 1.29 is 33.2 Å². The number of methoxy groups -OCH3 is 6. The van der Waals surface area contributed by atoms with E-state index in [1.165, 1.54) is 0 Å². The normalized spacial score (nSPS) is 12.7. The topological polar surface area (TPSA) is 64.6 Å². The second-order valence-corrected chi connectivity index (χ2v) is 7.33. The van der Waals surface area contributed by atoms with Crippen LogP contribution in [0.3, 0.4) is 0 Å². The van der Waals surface area contributed by atoms with Crippen LogP contribution < -0.4 is 0 Å². The molecule has 0 aliphatic heterocycles. The summed E-state index contributed by atoms with van der Waals surface area (Å²) in [7, 11) is 10.3. The van der Waals surface area contributed by atoms with E-state index in [9.17, 15) is 0 Å². The van der Waals surface area contributed by atoms with Gasteiger partial charge in [-0.25, -0.2) is 0 Å². The predicted molar refractivity (Wildman–Crippen MR) is 105 cm³/mol. The van der Waals surface area contributed by atoms with Crippen molar-refractivity contribution in [2.75, 3.05) is 95.5 Å². The predicted octanol–water partition coefficient (Wildman–Crippen LogP) is 2.41. The van der Waals surface area contributed by atoms with E-state index in [1.807, 2.05) is 0 Å². The average Bonchev–Trinajstić information content (AvgIpc) is 2.67. The van der Waals surface area contributed by atoms with Gasteiger partial charge in [0, 0.05) is 79.9 Å². The zero-order chi connectivity index (χ0) is 20.4. The van der Waals surface area contributed by atoms with Crippen LogP contribution in [0, 0.1) is 10.8 Å². The summed E-state index contributed by atoms with van der Waals surface area (Å²) in [6.45, 7) is 5.01. The molecule has 0 spiro atoms. The van der Waals surface area contributed by atoms with Gasteiger partial charge < -0.3 is 33.2 Å². The molecule has 0 aromatic heterocycles. The Hall–Kier alpha value is -0.280. The minimum Gasteiger partial charge on any atom is -0.385 e. The molecule has 0 radical (unpaired) electrons. The molecule has 0 aromatic rings. The molecule has 0 bridgehead atoms. The Bertz CT molecular complexity index is 279. The van der Waals surface area contributed by atoms with E-state index in [-0.39, 0.29) is 10.8 Å². The van der Waals surface area contributed by atoms with Crippen LogP contribution in [0.25, 0.3) is 0 Å². The Morgan fingerprint density at radius 3 is 0.926 bits per heavy atom. The lowest BCUT2D eigenvalue weighted by molar-refractivity contribution is -0.0845. The van der Waals surface area contributed by atoms with Gasteiger partial charge in [0.2, 0.25) is 0 Å². The second kappa shape index (κ2) is 16.7. The van der Waals surface area contributed by atoms with Crippen molar-refractivity contribution in [2.24, 2.45) is 10.8 Å². The van der Waals surface area contributed by atoms with E-state index >= 15 is 0 Å². The summed E-state index contributed by atoms with van der Waals surface area (Å²) in [6, 6.07) is 0. The molecule has 0 heterocycles. The van der Waals surface area contributed by atoms with Crippen LogP contribution in [0.1, 0.15) is 25.7 Å². The number of hydrogen-bond acceptors (Lipinski definition) is 7. The van der Waals surface area contributed by atoms with Gasteiger partial charge in [-0.3, -0.25) is 0 Å². The lowest BCUT2D eigenvalue weighted by Gasteiger charge is -2.37. The average molecular weight is 395 g/mol. The first-order valence-electron chi connectivity index (χ1n) is 9.59. The van der Waals surface area contributed by atoms with Crippen molar-refractivity contribution in [1.82, 2.24) is 0 Å². The largest absolute Gasteiger partial charge is 0.385 e. The summed E-state index contributed by atoms with van der Waals surface area (Å²) in [6.07, 6.45) is 3.42. The third-order valence-corrected chi connectivity index (χ3v) is 5.06. The van der Waals surface area contributed by atoms with Gasteiger partial charge >= 0.3 is 0 Å². The first-order valence-corrected chi connectivity index (χ1v) is 9.59. The maximum atomic E-state index is 6.28. The van der Waals surface area contributed by atoms with Crippen LogP contribution in [0.15, 0.2) is 0 Å². The fourth-order valence-corrected chi connectivity index (χ4v) is 3.28. The molecule has 164 valence electrons. The lowest BCUT2D eigenvalue weighted by atomic mass is 9.81. The van der Waals surface area contributed by atoms with Crippen molar-refractivity contribution in [2.45, 2.75) is 25.7 Å². The van der Waals surface area contributed by atoms with E-state index in [2.05, 4.69) is 0 Å². The van der Waals surface area contributed by atoms with E-state index in [0.717, 1.165) is 25.7 Å². The molecule has 0 fully saturated rings. The second-order valence-electron chi connectivity index (χ2n) is 7.33. The smallest absolute Gasteiger partial charge is 0.0546 e. The van der Waals surface area contributed by atoms with Gasteiger partial charge in [0.15, 0.2) is 0 Å². The summed E-state index contributed by atoms with van der Waals surface area (Å²) in [5.41, 5.74) is -0.274. The van der Waals surface area contributed by atoms with Gasteiger partial charge in [-0.2, -0.15) is 0 Å².